The third-order valence-corrected chi connectivity index (χ3v) is 3.75. The van der Waals surface area contributed by atoms with Crippen molar-refractivity contribution in [3.05, 3.63) is 79.1 Å². The SMILES string of the molecule is c1ccc(-c2ccc(-c3cccc4[nH]cnc34)cc2)cc1. The van der Waals surface area contributed by atoms with E-state index in [2.05, 4.69) is 70.6 Å². The van der Waals surface area contributed by atoms with Crippen molar-refractivity contribution in [1.29, 1.82) is 0 Å². The van der Waals surface area contributed by atoms with E-state index in [1.54, 1.807) is 6.33 Å². The van der Waals surface area contributed by atoms with Gasteiger partial charge in [-0.15, -0.1) is 0 Å². The lowest BCUT2D eigenvalue weighted by Gasteiger charge is -2.05. The highest BCUT2D eigenvalue weighted by Crippen LogP contribution is 2.28. The van der Waals surface area contributed by atoms with E-state index >= 15 is 0 Å². The summed E-state index contributed by atoms with van der Waals surface area (Å²) in [5.41, 5.74) is 6.90. The van der Waals surface area contributed by atoms with Gasteiger partial charge in [-0.05, 0) is 22.8 Å². The molecule has 0 saturated heterocycles. The number of hydrogen-bond donors (Lipinski definition) is 1. The Morgan fingerprint density at radius 2 is 1.33 bits per heavy atom. The molecule has 1 heterocycles. The van der Waals surface area contributed by atoms with Crippen LogP contribution in [0.15, 0.2) is 79.1 Å². The van der Waals surface area contributed by atoms with Crippen LogP contribution in [-0.4, -0.2) is 9.97 Å². The molecule has 0 aliphatic heterocycles. The first-order chi connectivity index (χ1) is 10.4. The second-order valence-corrected chi connectivity index (χ2v) is 5.05. The van der Waals surface area contributed by atoms with Crippen LogP contribution in [0.5, 0.6) is 0 Å². The zero-order valence-corrected chi connectivity index (χ0v) is 11.5. The zero-order valence-electron chi connectivity index (χ0n) is 11.5. The van der Waals surface area contributed by atoms with Crippen LogP contribution in [0.4, 0.5) is 0 Å². The lowest BCUT2D eigenvalue weighted by atomic mass is 9.99. The van der Waals surface area contributed by atoms with Crippen molar-refractivity contribution in [1.82, 2.24) is 9.97 Å². The molecule has 0 unspecified atom stereocenters. The predicted octanol–water partition coefficient (Wildman–Crippen LogP) is 4.90. The molecule has 0 fully saturated rings. The molecule has 100 valence electrons. The highest BCUT2D eigenvalue weighted by atomic mass is 14.9. The fourth-order valence-electron chi connectivity index (χ4n) is 2.67. The van der Waals surface area contributed by atoms with Crippen LogP contribution in [-0.2, 0) is 0 Å². The van der Waals surface area contributed by atoms with Gasteiger partial charge in [-0.3, -0.25) is 0 Å². The van der Waals surface area contributed by atoms with Gasteiger partial charge in [0.15, 0.2) is 0 Å². The highest BCUT2D eigenvalue weighted by molar-refractivity contribution is 5.92. The molecule has 2 heteroatoms. The molecule has 0 amide bonds. The number of H-pyrrole nitrogens is 1. The van der Waals surface area contributed by atoms with E-state index in [0.29, 0.717) is 0 Å². The first kappa shape index (κ1) is 11.9. The van der Waals surface area contributed by atoms with E-state index < -0.39 is 0 Å². The van der Waals surface area contributed by atoms with E-state index in [0.717, 1.165) is 16.6 Å². The lowest BCUT2D eigenvalue weighted by molar-refractivity contribution is 1.34. The molecule has 4 rings (SSSR count). The smallest absolute Gasteiger partial charge is 0.0960 e. The Balaban J connectivity index is 1.79. The van der Waals surface area contributed by atoms with Crippen LogP contribution in [0.1, 0.15) is 0 Å². The van der Waals surface area contributed by atoms with Crippen LogP contribution in [0.3, 0.4) is 0 Å². The van der Waals surface area contributed by atoms with Gasteiger partial charge in [0.25, 0.3) is 0 Å². The number of benzene rings is 3. The molecule has 3 aromatic carbocycles. The van der Waals surface area contributed by atoms with Crippen LogP contribution < -0.4 is 0 Å². The molecule has 0 saturated carbocycles. The highest BCUT2D eigenvalue weighted by Gasteiger charge is 2.06. The number of fused-ring (bicyclic) bond motifs is 1. The Kier molecular flexibility index (Phi) is 2.79. The van der Waals surface area contributed by atoms with Crippen molar-refractivity contribution >= 4 is 11.0 Å². The van der Waals surface area contributed by atoms with Gasteiger partial charge < -0.3 is 4.98 Å². The first-order valence-electron chi connectivity index (χ1n) is 7.00. The van der Waals surface area contributed by atoms with Crippen molar-refractivity contribution in [3.63, 3.8) is 0 Å². The molecule has 1 N–H and O–H groups in total. The summed E-state index contributed by atoms with van der Waals surface area (Å²) in [6.45, 7) is 0. The van der Waals surface area contributed by atoms with Crippen LogP contribution in [0, 0.1) is 0 Å². The lowest BCUT2D eigenvalue weighted by Crippen LogP contribution is -1.82. The molecule has 0 aliphatic rings. The second-order valence-electron chi connectivity index (χ2n) is 5.05. The monoisotopic (exact) mass is 270 g/mol. The maximum Gasteiger partial charge on any atom is 0.0960 e. The molecule has 21 heavy (non-hydrogen) atoms. The summed E-state index contributed by atoms with van der Waals surface area (Å²) in [6, 6.07) is 25.3. The summed E-state index contributed by atoms with van der Waals surface area (Å²) in [7, 11) is 0. The molecule has 0 atom stereocenters. The van der Waals surface area contributed by atoms with E-state index in [9.17, 15) is 0 Å². The van der Waals surface area contributed by atoms with E-state index in [-0.39, 0.29) is 0 Å². The van der Waals surface area contributed by atoms with Gasteiger partial charge in [0.2, 0.25) is 0 Å². The Labute approximate surface area is 123 Å². The number of aromatic amines is 1. The van der Waals surface area contributed by atoms with Gasteiger partial charge in [0.1, 0.15) is 0 Å². The molecule has 2 nitrogen and oxygen atoms in total. The summed E-state index contributed by atoms with van der Waals surface area (Å²) in [6.07, 6.45) is 1.74. The number of nitrogens with one attached hydrogen (secondary N) is 1. The molecule has 4 aromatic rings. The fourth-order valence-corrected chi connectivity index (χ4v) is 2.67. The van der Waals surface area contributed by atoms with Crippen LogP contribution >= 0.6 is 0 Å². The van der Waals surface area contributed by atoms with E-state index in [1.807, 2.05) is 12.1 Å². The quantitative estimate of drug-likeness (QED) is 0.551. The number of imidazole rings is 1. The summed E-state index contributed by atoms with van der Waals surface area (Å²) in [5.74, 6) is 0. The maximum atomic E-state index is 4.42. The van der Waals surface area contributed by atoms with E-state index in [1.165, 1.54) is 16.7 Å². The molecular weight excluding hydrogens is 256 g/mol. The average molecular weight is 270 g/mol. The zero-order chi connectivity index (χ0) is 14.1. The van der Waals surface area contributed by atoms with Gasteiger partial charge in [0.05, 0.1) is 17.4 Å². The summed E-state index contributed by atoms with van der Waals surface area (Å²) in [5, 5.41) is 0. The Bertz CT molecular complexity index is 874. The van der Waals surface area contributed by atoms with Gasteiger partial charge in [0, 0.05) is 5.56 Å². The van der Waals surface area contributed by atoms with Crippen LogP contribution in [0.25, 0.3) is 33.3 Å². The van der Waals surface area contributed by atoms with Gasteiger partial charge in [-0.1, -0.05) is 66.7 Å². The first-order valence-corrected chi connectivity index (χ1v) is 7.00. The molecule has 0 bridgehead atoms. The number of hydrogen-bond acceptors (Lipinski definition) is 1. The second kappa shape index (κ2) is 4.91. The average Bonchev–Trinajstić information content (AvgIpc) is 3.04. The molecule has 1 aromatic heterocycles. The standard InChI is InChI=1S/C19H14N2/c1-2-5-14(6-3-1)15-9-11-16(12-10-15)17-7-4-8-18-19(17)21-13-20-18/h1-13H,(H,20,21). The molecular formula is C19H14N2. The van der Waals surface area contributed by atoms with Crippen LogP contribution in [0.2, 0.25) is 0 Å². The Morgan fingerprint density at radius 1 is 0.619 bits per heavy atom. The van der Waals surface area contributed by atoms with Gasteiger partial charge in [-0.25, -0.2) is 4.98 Å². The minimum absolute atomic E-state index is 1.02. The van der Waals surface area contributed by atoms with Crippen molar-refractivity contribution in [2.45, 2.75) is 0 Å². The third-order valence-electron chi connectivity index (χ3n) is 3.75. The largest absolute Gasteiger partial charge is 0.345 e. The van der Waals surface area contributed by atoms with Gasteiger partial charge >= 0.3 is 0 Å². The number of para-hydroxylation sites is 1. The minimum atomic E-state index is 1.02. The Hall–Kier alpha value is -2.87. The van der Waals surface area contributed by atoms with Crippen molar-refractivity contribution in [2.75, 3.05) is 0 Å². The van der Waals surface area contributed by atoms with Crippen molar-refractivity contribution < 1.29 is 0 Å². The van der Waals surface area contributed by atoms with E-state index in [4.69, 9.17) is 0 Å². The third kappa shape index (κ3) is 2.11. The maximum absolute atomic E-state index is 4.42. The number of aromatic nitrogens is 2. The number of nitrogens with zero attached hydrogens (tertiary/aromatic N) is 1. The summed E-state index contributed by atoms with van der Waals surface area (Å²) >= 11 is 0. The van der Waals surface area contributed by atoms with Gasteiger partial charge in [-0.2, -0.15) is 0 Å². The normalized spacial score (nSPS) is 10.9. The molecule has 0 aliphatic carbocycles. The fraction of sp³-hybridized carbons (Fsp3) is 0. The van der Waals surface area contributed by atoms with Crippen molar-refractivity contribution in [2.24, 2.45) is 0 Å². The molecule has 0 radical (unpaired) electrons. The topological polar surface area (TPSA) is 28.7 Å². The minimum Gasteiger partial charge on any atom is -0.345 e. The summed E-state index contributed by atoms with van der Waals surface area (Å²) < 4.78 is 0. The Morgan fingerprint density at radius 3 is 2.14 bits per heavy atom. The predicted molar refractivity (Wildman–Crippen MR) is 87.0 cm³/mol. The molecule has 0 spiro atoms. The summed E-state index contributed by atoms with van der Waals surface area (Å²) in [4.78, 5) is 7.58. The number of rotatable bonds is 2. The van der Waals surface area contributed by atoms with Crippen molar-refractivity contribution in [3.8, 4) is 22.3 Å².